The molecule has 0 unspecified atom stereocenters. The molecular weight excluding hydrogens is 434 g/mol. The van der Waals surface area contributed by atoms with Gasteiger partial charge in [0.25, 0.3) is 5.91 Å². The predicted molar refractivity (Wildman–Crippen MR) is 109 cm³/mol. The summed E-state index contributed by atoms with van der Waals surface area (Å²) in [6.07, 6.45) is 0. The van der Waals surface area contributed by atoms with Crippen molar-refractivity contribution in [1.29, 1.82) is 0 Å². The minimum Gasteiger partial charge on any atom is -0.497 e. The summed E-state index contributed by atoms with van der Waals surface area (Å²) in [5.74, 6) is 0.282. The first-order valence-corrected chi connectivity index (χ1v) is 9.77. The second-order valence-electron chi connectivity index (χ2n) is 5.47. The predicted octanol–water partition coefficient (Wildman–Crippen LogP) is 4.05. The molecule has 2 aromatic rings. The van der Waals surface area contributed by atoms with E-state index in [1.165, 1.54) is 18.9 Å². The molecule has 1 N–H and O–H groups in total. The summed E-state index contributed by atoms with van der Waals surface area (Å²) in [6, 6.07) is 10.8. The Balaban J connectivity index is 1.82. The molecule has 0 aliphatic carbocycles. The van der Waals surface area contributed by atoms with Gasteiger partial charge in [-0.1, -0.05) is 15.9 Å². The summed E-state index contributed by atoms with van der Waals surface area (Å²) < 4.78 is 16.3. The van der Waals surface area contributed by atoms with Gasteiger partial charge in [0.2, 0.25) is 0 Å². The number of rotatable bonds is 8. The third-order valence-electron chi connectivity index (χ3n) is 3.53. The van der Waals surface area contributed by atoms with E-state index >= 15 is 0 Å². The van der Waals surface area contributed by atoms with Crippen LogP contribution in [0, 0.1) is 6.92 Å². The lowest BCUT2D eigenvalue weighted by Gasteiger charge is -2.12. The maximum atomic E-state index is 12.0. The molecule has 0 fully saturated rings. The second-order valence-corrected chi connectivity index (χ2v) is 7.41. The third kappa shape index (κ3) is 6.48. The molecule has 0 bridgehead atoms. The molecule has 8 heteroatoms. The van der Waals surface area contributed by atoms with Gasteiger partial charge in [-0.05, 0) is 42.8 Å². The summed E-state index contributed by atoms with van der Waals surface area (Å²) in [5.41, 5.74) is 1.53. The standard InChI is InChI=1S/C19H20BrNO5S/c1-12-8-13(20)4-7-17(12)27-11-19(23)26-10-18(22)21-15-6-5-14(24-2)9-16(15)25-3/h4-9H,10-11H2,1-3H3,(H,21,22). The maximum absolute atomic E-state index is 12.0. The van der Waals surface area contributed by atoms with E-state index in [2.05, 4.69) is 21.2 Å². The minimum absolute atomic E-state index is 0.127. The van der Waals surface area contributed by atoms with E-state index in [1.54, 1.807) is 25.3 Å². The van der Waals surface area contributed by atoms with Crippen LogP contribution in [0.25, 0.3) is 0 Å². The molecular formula is C19H20BrNO5S. The number of aryl methyl sites for hydroxylation is 1. The van der Waals surface area contributed by atoms with Gasteiger partial charge in [0.15, 0.2) is 6.61 Å². The monoisotopic (exact) mass is 453 g/mol. The van der Waals surface area contributed by atoms with E-state index in [-0.39, 0.29) is 12.4 Å². The Morgan fingerprint density at radius 1 is 1.11 bits per heavy atom. The molecule has 6 nitrogen and oxygen atoms in total. The third-order valence-corrected chi connectivity index (χ3v) is 5.17. The van der Waals surface area contributed by atoms with Gasteiger partial charge in [-0.2, -0.15) is 0 Å². The molecule has 2 aromatic carbocycles. The number of hydrogen-bond acceptors (Lipinski definition) is 6. The Hall–Kier alpha value is -2.19. The number of nitrogens with one attached hydrogen (secondary N) is 1. The summed E-state index contributed by atoms with van der Waals surface area (Å²) in [5, 5.41) is 2.65. The number of anilines is 1. The molecule has 0 spiro atoms. The zero-order chi connectivity index (χ0) is 19.8. The van der Waals surface area contributed by atoms with Gasteiger partial charge < -0.3 is 19.5 Å². The Bertz CT molecular complexity index is 828. The van der Waals surface area contributed by atoms with E-state index in [9.17, 15) is 9.59 Å². The van der Waals surface area contributed by atoms with Crippen LogP contribution in [0.15, 0.2) is 45.8 Å². The van der Waals surface area contributed by atoms with E-state index in [0.717, 1.165) is 14.9 Å². The SMILES string of the molecule is COc1ccc(NC(=O)COC(=O)CSc2ccc(Br)cc2C)c(OC)c1. The molecule has 144 valence electrons. The fourth-order valence-corrected chi connectivity index (χ4v) is 3.47. The lowest BCUT2D eigenvalue weighted by molar-refractivity contribution is -0.144. The van der Waals surface area contributed by atoms with E-state index in [0.29, 0.717) is 17.2 Å². The average Bonchev–Trinajstić information content (AvgIpc) is 2.66. The van der Waals surface area contributed by atoms with E-state index in [1.807, 2.05) is 25.1 Å². The fourth-order valence-electron chi connectivity index (χ4n) is 2.19. The van der Waals surface area contributed by atoms with Gasteiger partial charge in [0.1, 0.15) is 11.5 Å². The smallest absolute Gasteiger partial charge is 0.316 e. The minimum atomic E-state index is -0.459. The molecule has 0 radical (unpaired) electrons. The number of benzene rings is 2. The molecule has 0 aliphatic heterocycles. The van der Waals surface area contributed by atoms with Gasteiger partial charge in [-0.25, -0.2) is 0 Å². The zero-order valence-corrected chi connectivity index (χ0v) is 17.6. The molecule has 27 heavy (non-hydrogen) atoms. The summed E-state index contributed by atoms with van der Waals surface area (Å²) in [4.78, 5) is 24.9. The second kappa shape index (κ2) is 10.2. The number of thioether (sulfide) groups is 1. The number of ether oxygens (including phenoxy) is 3. The highest BCUT2D eigenvalue weighted by Gasteiger charge is 2.12. The molecule has 1 amide bonds. The Kier molecular flexibility index (Phi) is 7.99. The number of hydrogen-bond donors (Lipinski definition) is 1. The average molecular weight is 454 g/mol. The van der Waals surface area contributed by atoms with Gasteiger partial charge in [-0.3, -0.25) is 9.59 Å². The molecule has 0 aromatic heterocycles. The highest BCUT2D eigenvalue weighted by molar-refractivity contribution is 9.10. The van der Waals surface area contributed by atoms with Crippen molar-refractivity contribution in [3.05, 3.63) is 46.4 Å². The maximum Gasteiger partial charge on any atom is 0.316 e. The summed E-state index contributed by atoms with van der Waals surface area (Å²) >= 11 is 4.77. The van der Waals surface area contributed by atoms with Crippen molar-refractivity contribution < 1.29 is 23.8 Å². The van der Waals surface area contributed by atoms with Crippen molar-refractivity contribution >= 4 is 45.3 Å². The van der Waals surface area contributed by atoms with E-state index < -0.39 is 11.9 Å². The quantitative estimate of drug-likeness (QED) is 0.479. The van der Waals surface area contributed by atoms with Gasteiger partial charge in [0.05, 0.1) is 25.7 Å². The van der Waals surface area contributed by atoms with Crippen molar-refractivity contribution in [1.82, 2.24) is 0 Å². The topological polar surface area (TPSA) is 73.9 Å². The van der Waals surface area contributed by atoms with Gasteiger partial charge in [0, 0.05) is 15.4 Å². The van der Waals surface area contributed by atoms with Crippen molar-refractivity contribution in [2.24, 2.45) is 0 Å². The first kappa shape index (κ1) is 21.1. The van der Waals surface area contributed by atoms with Gasteiger partial charge >= 0.3 is 5.97 Å². The highest BCUT2D eigenvalue weighted by atomic mass is 79.9. The number of methoxy groups -OCH3 is 2. The molecule has 0 atom stereocenters. The lowest BCUT2D eigenvalue weighted by atomic mass is 10.2. The number of halogens is 1. The Morgan fingerprint density at radius 2 is 1.89 bits per heavy atom. The van der Waals surface area contributed by atoms with Crippen LogP contribution in [0.4, 0.5) is 5.69 Å². The molecule has 0 saturated carbocycles. The van der Waals surface area contributed by atoms with Crippen molar-refractivity contribution in [2.75, 3.05) is 31.9 Å². The Labute approximate surface area is 170 Å². The van der Waals surface area contributed by atoms with Crippen molar-refractivity contribution in [2.45, 2.75) is 11.8 Å². The van der Waals surface area contributed by atoms with Crippen LogP contribution in [-0.2, 0) is 14.3 Å². The van der Waals surface area contributed by atoms with Gasteiger partial charge in [-0.15, -0.1) is 11.8 Å². The fraction of sp³-hybridized carbons (Fsp3) is 0.263. The molecule has 0 heterocycles. The van der Waals surface area contributed by atoms with Crippen molar-refractivity contribution in [3.63, 3.8) is 0 Å². The number of amides is 1. The highest BCUT2D eigenvalue weighted by Crippen LogP contribution is 2.29. The Morgan fingerprint density at radius 3 is 2.56 bits per heavy atom. The molecule has 0 saturated heterocycles. The number of carbonyl (C=O) groups is 2. The zero-order valence-electron chi connectivity index (χ0n) is 15.2. The van der Waals surface area contributed by atoms with Crippen LogP contribution in [0.5, 0.6) is 11.5 Å². The summed E-state index contributed by atoms with van der Waals surface area (Å²) in [7, 11) is 3.03. The first-order chi connectivity index (χ1) is 12.9. The van der Waals surface area contributed by atoms with Crippen LogP contribution in [0.2, 0.25) is 0 Å². The van der Waals surface area contributed by atoms with Crippen LogP contribution < -0.4 is 14.8 Å². The van der Waals surface area contributed by atoms with Crippen LogP contribution in [-0.4, -0.2) is 38.5 Å². The van der Waals surface area contributed by atoms with Crippen LogP contribution >= 0.6 is 27.7 Å². The van der Waals surface area contributed by atoms with Crippen molar-refractivity contribution in [3.8, 4) is 11.5 Å². The lowest BCUT2D eigenvalue weighted by Crippen LogP contribution is -2.22. The molecule has 2 rings (SSSR count). The number of carbonyl (C=O) groups excluding carboxylic acids is 2. The van der Waals surface area contributed by atoms with Crippen LogP contribution in [0.3, 0.4) is 0 Å². The normalized spacial score (nSPS) is 10.2. The summed E-state index contributed by atoms with van der Waals surface area (Å²) in [6.45, 7) is 1.60. The van der Waals surface area contributed by atoms with Crippen LogP contribution in [0.1, 0.15) is 5.56 Å². The largest absolute Gasteiger partial charge is 0.497 e. The first-order valence-electron chi connectivity index (χ1n) is 7.99. The number of esters is 1. The molecule has 0 aliphatic rings. The van der Waals surface area contributed by atoms with E-state index in [4.69, 9.17) is 14.2 Å².